The Morgan fingerprint density at radius 3 is 2.61 bits per heavy atom. The molecule has 1 aliphatic heterocycles. The highest BCUT2D eigenvalue weighted by Gasteiger charge is 2.22. The highest BCUT2D eigenvalue weighted by Crippen LogP contribution is 2.15. The first kappa shape index (κ1) is 14.8. The first-order valence-corrected chi connectivity index (χ1v) is 6.52. The summed E-state index contributed by atoms with van der Waals surface area (Å²) in [6.07, 6.45) is 1.67. The number of hydrogen-bond donors (Lipinski definition) is 1. The third-order valence-electron chi connectivity index (χ3n) is 2.79. The maximum atomic E-state index is 11.9. The topological polar surface area (TPSA) is 58.6 Å². The fourth-order valence-corrected chi connectivity index (χ4v) is 1.99. The summed E-state index contributed by atoms with van der Waals surface area (Å²) in [6.45, 7) is 9.11. The number of carbonyl (C=O) groups is 2. The van der Waals surface area contributed by atoms with Crippen molar-refractivity contribution in [2.45, 2.75) is 46.1 Å². The summed E-state index contributed by atoms with van der Waals surface area (Å²) < 4.78 is 5.08. The fraction of sp³-hybridized carbons (Fsp3) is 0.846. The summed E-state index contributed by atoms with van der Waals surface area (Å²) in [5.74, 6) is 0.511. The average molecular weight is 256 g/mol. The third kappa shape index (κ3) is 5.38. The largest absolute Gasteiger partial charge is 0.444 e. The normalized spacial score (nSPS) is 20.4. The summed E-state index contributed by atoms with van der Waals surface area (Å²) in [4.78, 5) is 25.1. The lowest BCUT2D eigenvalue weighted by atomic mass is 10.0. The van der Waals surface area contributed by atoms with Gasteiger partial charge in [-0.1, -0.05) is 6.92 Å². The number of rotatable bonds is 2. The SMILES string of the molecule is CC1CCCN(C(=O)CNC(=O)OC(C)(C)C)C1. The van der Waals surface area contributed by atoms with Gasteiger partial charge in [-0.15, -0.1) is 0 Å². The van der Waals surface area contributed by atoms with E-state index in [0.717, 1.165) is 19.5 Å². The number of amides is 2. The molecule has 0 bridgehead atoms. The van der Waals surface area contributed by atoms with Crippen molar-refractivity contribution in [2.24, 2.45) is 5.92 Å². The minimum absolute atomic E-state index is 0.0155. The van der Waals surface area contributed by atoms with Gasteiger partial charge in [0.05, 0.1) is 0 Å². The molecule has 18 heavy (non-hydrogen) atoms. The van der Waals surface area contributed by atoms with Gasteiger partial charge in [0.15, 0.2) is 0 Å². The van der Waals surface area contributed by atoms with Gasteiger partial charge in [-0.3, -0.25) is 4.79 Å². The zero-order valence-corrected chi connectivity index (χ0v) is 11.8. The lowest BCUT2D eigenvalue weighted by Gasteiger charge is -2.31. The average Bonchev–Trinajstić information content (AvgIpc) is 2.23. The molecule has 0 aromatic carbocycles. The highest BCUT2D eigenvalue weighted by molar-refractivity contribution is 5.82. The molecular weight excluding hydrogens is 232 g/mol. The molecule has 2 amide bonds. The molecule has 5 heteroatoms. The summed E-state index contributed by atoms with van der Waals surface area (Å²) in [6, 6.07) is 0. The van der Waals surface area contributed by atoms with Gasteiger partial charge < -0.3 is 15.0 Å². The molecule has 0 aromatic rings. The highest BCUT2D eigenvalue weighted by atomic mass is 16.6. The number of likely N-dealkylation sites (tertiary alicyclic amines) is 1. The van der Waals surface area contributed by atoms with E-state index < -0.39 is 11.7 Å². The van der Waals surface area contributed by atoms with E-state index in [9.17, 15) is 9.59 Å². The molecule has 1 unspecified atom stereocenters. The molecule has 1 aliphatic rings. The van der Waals surface area contributed by atoms with Crippen molar-refractivity contribution in [3.05, 3.63) is 0 Å². The van der Waals surface area contributed by atoms with Crippen molar-refractivity contribution < 1.29 is 14.3 Å². The number of piperidine rings is 1. The Kier molecular flexibility index (Phi) is 4.99. The molecule has 104 valence electrons. The van der Waals surface area contributed by atoms with Gasteiger partial charge in [0.25, 0.3) is 0 Å². The Bertz CT molecular complexity index is 310. The van der Waals surface area contributed by atoms with E-state index in [1.165, 1.54) is 6.42 Å². The van der Waals surface area contributed by atoms with Crippen LogP contribution in [0.5, 0.6) is 0 Å². The molecule has 1 rings (SSSR count). The van der Waals surface area contributed by atoms with Crippen LogP contribution in [0.4, 0.5) is 4.79 Å². The van der Waals surface area contributed by atoms with Crippen molar-refractivity contribution >= 4 is 12.0 Å². The van der Waals surface area contributed by atoms with E-state index in [1.807, 2.05) is 4.90 Å². The zero-order chi connectivity index (χ0) is 13.8. The van der Waals surface area contributed by atoms with Crippen LogP contribution in [-0.2, 0) is 9.53 Å². The molecule has 1 atom stereocenters. The van der Waals surface area contributed by atoms with Crippen LogP contribution in [0.3, 0.4) is 0 Å². The molecule has 1 heterocycles. The molecule has 0 saturated carbocycles. The van der Waals surface area contributed by atoms with Gasteiger partial charge in [0.1, 0.15) is 12.1 Å². The molecule has 5 nitrogen and oxygen atoms in total. The Balaban J connectivity index is 2.30. The second-order valence-corrected chi connectivity index (χ2v) is 5.94. The first-order chi connectivity index (χ1) is 8.28. The summed E-state index contributed by atoms with van der Waals surface area (Å²) in [5, 5.41) is 2.50. The number of hydrogen-bond acceptors (Lipinski definition) is 3. The van der Waals surface area contributed by atoms with Crippen LogP contribution in [0.15, 0.2) is 0 Å². The summed E-state index contributed by atoms with van der Waals surface area (Å²) in [7, 11) is 0. The second-order valence-electron chi connectivity index (χ2n) is 5.94. The van der Waals surface area contributed by atoms with E-state index in [-0.39, 0.29) is 12.5 Å². The zero-order valence-electron chi connectivity index (χ0n) is 11.8. The molecule has 1 saturated heterocycles. The maximum absolute atomic E-state index is 11.9. The lowest BCUT2D eigenvalue weighted by molar-refractivity contribution is -0.131. The van der Waals surface area contributed by atoms with Gasteiger partial charge in [-0.25, -0.2) is 4.79 Å². The molecule has 0 radical (unpaired) electrons. The Morgan fingerprint density at radius 2 is 2.06 bits per heavy atom. The number of nitrogens with one attached hydrogen (secondary N) is 1. The standard InChI is InChI=1S/C13H24N2O3/c1-10-6-5-7-15(9-10)11(16)8-14-12(17)18-13(2,3)4/h10H,5-9H2,1-4H3,(H,14,17). The van der Waals surface area contributed by atoms with E-state index in [4.69, 9.17) is 4.74 Å². The van der Waals surface area contributed by atoms with Crippen LogP contribution in [0.2, 0.25) is 0 Å². The van der Waals surface area contributed by atoms with Crippen molar-refractivity contribution in [2.75, 3.05) is 19.6 Å². The third-order valence-corrected chi connectivity index (χ3v) is 2.79. The smallest absolute Gasteiger partial charge is 0.408 e. The number of carbonyl (C=O) groups excluding carboxylic acids is 2. The quantitative estimate of drug-likeness (QED) is 0.819. The second kappa shape index (κ2) is 6.07. The molecule has 1 fully saturated rings. The fourth-order valence-electron chi connectivity index (χ4n) is 1.99. The van der Waals surface area contributed by atoms with Crippen molar-refractivity contribution in [3.63, 3.8) is 0 Å². The van der Waals surface area contributed by atoms with Crippen LogP contribution in [0.25, 0.3) is 0 Å². The van der Waals surface area contributed by atoms with E-state index in [1.54, 1.807) is 20.8 Å². The van der Waals surface area contributed by atoms with Crippen molar-refractivity contribution in [1.29, 1.82) is 0 Å². The maximum Gasteiger partial charge on any atom is 0.408 e. The van der Waals surface area contributed by atoms with Gasteiger partial charge in [0, 0.05) is 13.1 Å². The van der Waals surface area contributed by atoms with E-state index in [0.29, 0.717) is 5.92 Å². The molecule has 0 aromatic heterocycles. The Labute approximate surface area is 109 Å². The van der Waals surface area contributed by atoms with Crippen LogP contribution >= 0.6 is 0 Å². The minimum atomic E-state index is -0.541. The van der Waals surface area contributed by atoms with Gasteiger partial charge in [-0.05, 0) is 39.5 Å². The van der Waals surface area contributed by atoms with Gasteiger partial charge >= 0.3 is 6.09 Å². The monoisotopic (exact) mass is 256 g/mol. The number of nitrogens with zero attached hydrogens (tertiary/aromatic N) is 1. The molecule has 1 N–H and O–H groups in total. The van der Waals surface area contributed by atoms with E-state index in [2.05, 4.69) is 12.2 Å². The Morgan fingerprint density at radius 1 is 1.39 bits per heavy atom. The predicted molar refractivity (Wildman–Crippen MR) is 69.2 cm³/mol. The first-order valence-electron chi connectivity index (χ1n) is 6.52. The number of alkyl carbamates (subject to hydrolysis) is 1. The summed E-state index contributed by atoms with van der Waals surface area (Å²) in [5.41, 5.74) is -0.535. The molecular formula is C13H24N2O3. The van der Waals surface area contributed by atoms with E-state index >= 15 is 0 Å². The minimum Gasteiger partial charge on any atom is -0.444 e. The Hall–Kier alpha value is -1.26. The van der Waals surface area contributed by atoms with Gasteiger partial charge in [-0.2, -0.15) is 0 Å². The van der Waals surface area contributed by atoms with Crippen LogP contribution in [0, 0.1) is 5.92 Å². The molecule has 0 aliphatic carbocycles. The van der Waals surface area contributed by atoms with Crippen LogP contribution < -0.4 is 5.32 Å². The summed E-state index contributed by atoms with van der Waals surface area (Å²) >= 11 is 0. The van der Waals surface area contributed by atoms with Crippen LogP contribution in [-0.4, -0.2) is 42.1 Å². The van der Waals surface area contributed by atoms with Crippen LogP contribution in [0.1, 0.15) is 40.5 Å². The lowest BCUT2D eigenvalue weighted by Crippen LogP contribution is -2.45. The van der Waals surface area contributed by atoms with Gasteiger partial charge in [0.2, 0.25) is 5.91 Å². The molecule has 0 spiro atoms. The van der Waals surface area contributed by atoms with Crippen molar-refractivity contribution in [1.82, 2.24) is 10.2 Å². The van der Waals surface area contributed by atoms with Crippen molar-refractivity contribution in [3.8, 4) is 0 Å². The number of ether oxygens (including phenoxy) is 1. The predicted octanol–water partition coefficient (Wildman–Crippen LogP) is 1.77.